The summed E-state index contributed by atoms with van der Waals surface area (Å²) in [6.45, 7) is -1.51. The summed E-state index contributed by atoms with van der Waals surface area (Å²) in [5, 5.41) is 27.3. The van der Waals surface area contributed by atoms with Gasteiger partial charge in [-0.05, 0) is 57.3 Å². The molecule has 0 saturated carbocycles. The molecule has 0 radical (unpaired) electrons. The summed E-state index contributed by atoms with van der Waals surface area (Å²) in [6, 6.07) is 3.00. The first kappa shape index (κ1) is 16.9. The molecule has 108 valence electrons. The van der Waals surface area contributed by atoms with Crippen LogP contribution in [-0.4, -0.2) is 51.2 Å². The number of amides is 1. The average Bonchev–Trinajstić information content (AvgIpc) is 2.30. The van der Waals surface area contributed by atoms with E-state index in [-0.39, 0.29) is 11.3 Å². The van der Waals surface area contributed by atoms with Crippen molar-refractivity contribution < 1.29 is 29.7 Å². The zero-order valence-corrected chi connectivity index (χ0v) is 14.2. The van der Waals surface area contributed by atoms with Gasteiger partial charge in [0.25, 0.3) is 5.91 Å². The first-order valence-corrected chi connectivity index (χ1v) is 7.29. The number of carbonyl (C=O) groups is 3. The highest BCUT2D eigenvalue weighted by molar-refractivity contribution is 14.1. The van der Waals surface area contributed by atoms with Crippen LogP contribution in [-0.2, 0) is 9.59 Å². The Bertz CT molecular complexity index is 558. The van der Waals surface area contributed by atoms with Gasteiger partial charge in [0.15, 0.2) is 0 Å². The van der Waals surface area contributed by atoms with Gasteiger partial charge in [0.2, 0.25) is 0 Å². The molecule has 1 rings (SSSR count). The lowest BCUT2D eigenvalue weighted by Crippen LogP contribution is -2.39. The number of carboxylic acid groups (broad SMARTS) is 2. The van der Waals surface area contributed by atoms with Gasteiger partial charge in [0.1, 0.15) is 18.8 Å². The van der Waals surface area contributed by atoms with Crippen molar-refractivity contribution in [1.29, 1.82) is 0 Å². The second kappa shape index (κ2) is 7.06. The van der Waals surface area contributed by atoms with Crippen LogP contribution in [0.25, 0.3) is 0 Å². The van der Waals surface area contributed by atoms with Crippen molar-refractivity contribution in [3.8, 4) is 5.75 Å². The summed E-state index contributed by atoms with van der Waals surface area (Å²) in [4.78, 5) is 34.2. The molecule has 1 amide bonds. The molecule has 20 heavy (non-hydrogen) atoms. The summed E-state index contributed by atoms with van der Waals surface area (Å²) in [5.74, 6) is -3.81. The lowest BCUT2D eigenvalue weighted by molar-refractivity contribution is -0.140. The Labute approximate surface area is 140 Å². The molecule has 0 fully saturated rings. The molecule has 0 aliphatic heterocycles. The first-order chi connectivity index (χ1) is 9.22. The molecule has 0 bridgehead atoms. The zero-order chi connectivity index (χ0) is 15.4. The SMILES string of the molecule is O=C(O)CN(CC(=O)O)C(=O)c1cc(I)cc(I)c1O. The second-order valence-corrected chi connectivity index (χ2v) is 6.14. The third-order valence-corrected chi connectivity index (χ3v) is 3.64. The number of benzene rings is 1. The maximum absolute atomic E-state index is 12.2. The van der Waals surface area contributed by atoms with E-state index in [1.807, 2.05) is 45.2 Å². The molecule has 0 aliphatic carbocycles. The van der Waals surface area contributed by atoms with Crippen molar-refractivity contribution in [2.45, 2.75) is 0 Å². The van der Waals surface area contributed by atoms with Gasteiger partial charge >= 0.3 is 11.9 Å². The minimum absolute atomic E-state index is 0.121. The van der Waals surface area contributed by atoms with Crippen LogP contribution in [0.2, 0.25) is 0 Å². The highest BCUT2D eigenvalue weighted by Crippen LogP contribution is 2.28. The smallest absolute Gasteiger partial charge is 0.323 e. The predicted molar refractivity (Wildman–Crippen MR) is 84.7 cm³/mol. The lowest BCUT2D eigenvalue weighted by Gasteiger charge is -2.19. The van der Waals surface area contributed by atoms with Gasteiger partial charge in [-0.1, -0.05) is 0 Å². The second-order valence-electron chi connectivity index (χ2n) is 3.73. The number of hydrogen-bond acceptors (Lipinski definition) is 4. The third-order valence-electron chi connectivity index (χ3n) is 2.20. The molecule has 0 aromatic heterocycles. The zero-order valence-electron chi connectivity index (χ0n) is 9.84. The van der Waals surface area contributed by atoms with Gasteiger partial charge in [-0.2, -0.15) is 0 Å². The van der Waals surface area contributed by atoms with E-state index in [0.717, 1.165) is 0 Å². The van der Waals surface area contributed by atoms with E-state index in [0.29, 0.717) is 12.0 Å². The normalized spacial score (nSPS) is 10.1. The fraction of sp³-hybridized carbons (Fsp3) is 0.182. The van der Waals surface area contributed by atoms with Crippen molar-refractivity contribution in [3.63, 3.8) is 0 Å². The number of phenols is 1. The maximum atomic E-state index is 12.2. The van der Waals surface area contributed by atoms with E-state index >= 15 is 0 Å². The number of carboxylic acids is 2. The fourth-order valence-corrected chi connectivity index (χ4v) is 3.27. The van der Waals surface area contributed by atoms with Gasteiger partial charge in [-0.3, -0.25) is 14.4 Å². The third kappa shape index (κ3) is 4.47. The Morgan fingerprint density at radius 1 is 1.05 bits per heavy atom. The van der Waals surface area contributed by atoms with E-state index < -0.39 is 30.9 Å². The van der Waals surface area contributed by atoms with Crippen molar-refractivity contribution >= 4 is 63.0 Å². The number of halogens is 2. The topological polar surface area (TPSA) is 115 Å². The molecule has 0 heterocycles. The van der Waals surface area contributed by atoms with E-state index in [9.17, 15) is 19.5 Å². The molecule has 1 aromatic carbocycles. The number of phenolic OH excluding ortho intramolecular Hbond substituents is 1. The van der Waals surface area contributed by atoms with Gasteiger partial charge in [0, 0.05) is 3.57 Å². The monoisotopic (exact) mass is 505 g/mol. The number of rotatable bonds is 5. The average molecular weight is 505 g/mol. The van der Waals surface area contributed by atoms with Crippen molar-refractivity contribution in [1.82, 2.24) is 4.90 Å². The van der Waals surface area contributed by atoms with Gasteiger partial charge in [0.05, 0.1) is 9.13 Å². The van der Waals surface area contributed by atoms with Crippen LogP contribution in [0.3, 0.4) is 0 Å². The first-order valence-electron chi connectivity index (χ1n) is 5.13. The molecule has 0 unspecified atom stereocenters. The van der Waals surface area contributed by atoms with Crippen LogP contribution < -0.4 is 0 Å². The van der Waals surface area contributed by atoms with Crippen LogP contribution in [0.4, 0.5) is 0 Å². The Balaban J connectivity index is 3.17. The molecule has 9 heteroatoms. The molecule has 0 aliphatic rings. The molecule has 3 N–H and O–H groups in total. The highest BCUT2D eigenvalue weighted by atomic mass is 127. The Hall–Kier alpha value is -1.11. The van der Waals surface area contributed by atoms with E-state index in [1.54, 1.807) is 6.07 Å². The van der Waals surface area contributed by atoms with Crippen LogP contribution in [0.15, 0.2) is 12.1 Å². The molecule has 7 nitrogen and oxygen atoms in total. The van der Waals surface area contributed by atoms with E-state index in [2.05, 4.69) is 0 Å². The number of aliphatic carboxylic acids is 2. The lowest BCUT2D eigenvalue weighted by atomic mass is 10.1. The summed E-state index contributed by atoms with van der Waals surface area (Å²) >= 11 is 3.76. The molecule has 0 saturated heterocycles. The Kier molecular flexibility index (Phi) is 5.98. The molecule has 1 aromatic rings. The number of hydrogen-bond donors (Lipinski definition) is 3. The van der Waals surface area contributed by atoms with Crippen LogP contribution in [0, 0.1) is 7.14 Å². The van der Waals surface area contributed by atoms with E-state index in [1.165, 1.54) is 6.07 Å². The number of carbonyl (C=O) groups excluding carboxylic acids is 1. The molecular formula is C11H9I2NO6. The molecular weight excluding hydrogens is 496 g/mol. The van der Waals surface area contributed by atoms with Crippen LogP contribution >= 0.6 is 45.2 Å². The fourth-order valence-electron chi connectivity index (χ4n) is 1.43. The summed E-state index contributed by atoms with van der Waals surface area (Å²) in [5.41, 5.74) is -0.121. The van der Waals surface area contributed by atoms with Crippen molar-refractivity contribution in [2.75, 3.05) is 13.1 Å². The summed E-state index contributed by atoms with van der Waals surface area (Å²) in [7, 11) is 0. The van der Waals surface area contributed by atoms with Crippen molar-refractivity contribution in [3.05, 3.63) is 24.8 Å². The summed E-state index contributed by atoms with van der Waals surface area (Å²) in [6.07, 6.45) is 0. The molecule has 0 atom stereocenters. The van der Waals surface area contributed by atoms with Crippen LogP contribution in [0.1, 0.15) is 10.4 Å². The minimum atomic E-state index is -1.33. The summed E-state index contributed by atoms with van der Waals surface area (Å²) < 4.78 is 1.09. The molecule has 0 spiro atoms. The van der Waals surface area contributed by atoms with Gasteiger partial charge in [-0.25, -0.2) is 0 Å². The van der Waals surface area contributed by atoms with E-state index in [4.69, 9.17) is 10.2 Å². The van der Waals surface area contributed by atoms with Crippen molar-refractivity contribution in [2.24, 2.45) is 0 Å². The quantitative estimate of drug-likeness (QED) is 0.519. The largest absolute Gasteiger partial charge is 0.506 e. The number of nitrogens with zero attached hydrogens (tertiary/aromatic N) is 1. The standard InChI is InChI=1S/C11H9I2NO6/c12-5-1-6(10(19)7(13)2-5)11(20)14(3-8(15)16)4-9(17)18/h1-2,19H,3-4H2,(H,15,16)(H,17,18). The Morgan fingerprint density at radius 3 is 2.00 bits per heavy atom. The Morgan fingerprint density at radius 2 is 1.55 bits per heavy atom. The van der Waals surface area contributed by atoms with Gasteiger partial charge < -0.3 is 20.2 Å². The van der Waals surface area contributed by atoms with Gasteiger partial charge in [-0.15, -0.1) is 0 Å². The minimum Gasteiger partial charge on any atom is -0.506 e. The number of aromatic hydroxyl groups is 1. The van der Waals surface area contributed by atoms with Crippen LogP contribution in [0.5, 0.6) is 5.75 Å². The highest BCUT2D eigenvalue weighted by Gasteiger charge is 2.24. The maximum Gasteiger partial charge on any atom is 0.323 e. The predicted octanol–water partition coefficient (Wildman–Crippen LogP) is 1.21.